The van der Waals surface area contributed by atoms with Crippen LogP contribution in [0, 0.1) is 6.92 Å². The molecule has 0 aliphatic carbocycles. The van der Waals surface area contributed by atoms with Crippen LogP contribution >= 0.6 is 0 Å². The maximum absolute atomic E-state index is 5.92. The first-order valence-corrected chi connectivity index (χ1v) is 9.39. The highest BCUT2D eigenvalue weighted by Gasteiger charge is 2.41. The van der Waals surface area contributed by atoms with Crippen molar-refractivity contribution in [2.24, 2.45) is 4.99 Å². The van der Waals surface area contributed by atoms with Crippen molar-refractivity contribution in [1.29, 1.82) is 0 Å². The minimum Gasteiger partial charge on any atom is -0.373 e. The molecule has 3 atom stereocenters. The summed E-state index contributed by atoms with van der Waals surface area (Å²) in [6.07, 6.45) is 8.11. The summed E-state index contributed by atoms with van der Waals surface area (Å²) in [5.74, 6) is 1.88. The lowest BCUT2D eigenvalue weighted by atomic mass is 9.96. The SMILES string of the molecule is CN=C(NCc1cccc(Cn2ccnc2C)c1)NC1CC2CCC1O2. The van der Waals surface area contributed by atoms with E-state index in [0.717, 1.165) is 37.7 Å². The molecule has 1 aromatic carbocycles. The lowest BCUT2D eigenvalue weighted by Gasteiger charge is -2.22. The van der Waals surface area contributed by atoms with Gasteiger partial charge in [-0.3, -0.25) is 4.99 Å². The number of aryl methyl sites for hydroxylation is 1. The molecular weight excluding hydrogens is 326 g/mol. The molecule has 3 heterocycles. The molecule has 6 heteroatoms. The van der Waals surface area contributed by atoms with E-state index in [4.69, 9.17) is 4.74 Å². The maximum Gasteiger partial charge on any atom is 0.191 e. The van der Waals surface area contributed by atoms with E-state index in [1.807, 2.05) is 26.4 Å². The summed E-state index contributed by atoms with van der Waals surface area (Å²) in [6.45, 7) is 3.62. The molecule has 0 spiro atoms. The normalized spacial score (nSPS) is 24.8. The quantitative estimate of drug-likeness (QED) is 0.639. The van der Waals surface area contributed by atoms with E-state index in [1.54, 1.807) is 0 Å². The average molecular weight is 353 g/mol. The predicted molar refractivity (Wildman–Crippen MR) is 102 cm³/mol. The second kappa shape index (κ2) is 7.50. The fourth-order valence-electron chi connectivity index (χ4n) is 3.95. The largest absolute Gasteiger partial charge is 0.373 e. The van der Waals surface area contributed by atoms with Gasteiger partial charge in [0.25, 0.3) is 0 Å². The van der Waals surface area contributed by atoms with Crippen molar-refractivity contribution in [1.82, 2.24) is 20.2 Å². The monoisotopic (exact) mass is 353 g/mol. The maximum atomic E-state index is 5.92. The van der Waals surface area contributed by atoms with Gasteiger partial charge in [-0.2, -0.15) is 0 Å². The Morgan fingerprint density at radius 1 is 1.35 bits per heavy atom. The fraction of sp³-hybridized carbons (Fsp3) is 0.500. The van der Waals surface area contributed by atoms with Crippen LogP contribution in [-0.4, -0.2) is 40.8 Å². The minimum absolute atomic E-state index is 0.347. The Kier molecular flexibility index (Phi) is 4.93. The summed E-state index contributed by atoms with van der Waals surface area (Å²) in [7, 11) is 1.82. The first-order chi connectivity index (χ1) is 12.7. The Morgan fingerprint density at radius 3 is 2.92 bits per heavy atom. The second-order valence-electron chi connectivity index (χ2n) is 7.21. The molecule has 138 valence electrons. The van der Waals surface area contributed by atoms with Gasteiger partial charge in [-0.05, 0) is 37.3 Å². The van der Waals surface area contributed by atoms with E-state index in [9.17, 15) is 0 Å². The first-order valence-electron chi connectivity index (χ1n) is 9.39. The van der Waals surface area contributed by atoms with E-state index in [2.05, 4.69) is 49.4 Å². The number of fused-ring (bicyclic) bond motifs is 2. The van der Waals surface area contributed by atoms with Crippen molar-refractivity contribution in [2.75, 3.05) is 7.05 Å². The Morgan fingerprint density at radius 2 is 2.23 bits per heavy atom. The van der Waals surface area contributed by atoms with E-state index in [1.165, 1.54) is 17.5 Å². The lowest BCUT2D eigenvalue weighted by Crippen LogP contribution is -2.47. The molecule has 2 aliphatic rings. The second-order valence-corrected chi connectivity index (χ2v) is 7.21. The van der Waals surface area contributed by atoms with Crippen LogP contribution in [0.1, 0.15) is 36.2 Å². The molecule has 4 rings (SSSR count). The number of ether oxygens (including phenoxy) is 1. The highest BCUT2D eigenvalue weighted by atomic mass is 16.5. The Labute approximate surface area is 154 Å². The predicted octanol–water partition coefficient (Wildman–Crippen LogP) is 2.22. The topological polar surface area (TPSA) is 63.5 Å². The number of aromatic nitrogens is 2. The van der Waals surface area contributed by atoms with Gasteiger partial charge in [0.1, 0.15) is 5.82 Å². The van der Waals surface area contributed by atoms with Crippen LogP contribution in [0.2, 0.25) is 0 Å². The summed E-state index contributed by atoms with van der Waals surface area (Å²) in [5, 5.41) is 6.96. The Bertz CT molecular complexity index is 784. The third-order valence-electron chi connectivity index (χ3n) is 5.38. The zero-order valence-corrected chi connectivity index (χ0v) is 15.5. The number of guanidine groups is 1. The molecule has 2 fully saturated rings. The summed E-state index contributed by atoms with van der Waals surface area (Å²) in [5.41, 5.74) is 2.52. The number of aliphatic imine (C=N–C) groups is 1. The van der Waals surface area contributed by atoms with Crippen LogP contribution in [0.4, 0.5) is 0 Å². The van der Waals surface area contributed by atoms with Gasteiger partial charge in [0.05, 0.1) is 18.2 Å². The molecule has 2 bridgehead atoms. The van der Waals surface area contributed by atoms with Gasteiger partial charge in [0.15, 0.2) is 5.96 Å². The van der Waals surface area contributed by atoms with Crippen LogP contribution in [0.3, 0.4) is 0 Å². The number of hydrogen-bond donors (Lipinski definition) is 2. The van der Waals surface area contributed by atoms with E-state index >= 15 is 0 Å². The summed E-state index contributed by atoms with van der Waals surface area (Å²) >= 11 is 0. The van der Waals surface area contributed by atoms with Gasteiger partial charge in [-0.25, -0.2) is 4.98 Å². The van der Waals surface area contributed by atoms with E-state index in [-0.39, 0.29) is 0 Å². The molecule has 2 N–H and O–H groups in total. The van der Waals surface area contributed by atoms with Crippen LogP contribution in [-0.2, 0) is 17.8 Å². The molecule has 0 saturated carbocycles. The molecule has 0 radical (unpaired) electrons. The fourth-order valence-corrected chi connectivity index (χ4v) is 3.95. The van der Waals surface area contributed by atoms with Crippen molar-refractivity contribution in [3.05, 3.63) is 53.6 Å². The molecule has 3 unspecified atom stereocenters. The summed E-state index contributed by atoms with van der Waals surface area (Å²) in [4.78, 5) is 8.66. The van der Waals surface area contributed by atoms with Gasteiger partial charge in [0, 0.05) is 32.5 Å². The number of benzene rings is 1. The van der Waals surface area contributed by atoms with Crippen LogP contribution in [0.5, 0.6) is 0 Å². The number of nitrogens with zero attached hydrogens (tertiary/aromatic N) is 3. The van der Waals surface area contributed by atoms with Crippen LogP contribution in [0.25, 0.3) is 0 Å². The van der Waals surface area contributed by atoms with Crippen molar-refractivity contribution < 1.29 is 4.74 Å². The zero-order valence-electron chi connectivity index (χ0n) is 15.5. The molecule has 1 aromatic heterocycles. The molecule has 6 nitrogen and oxygen atoms in total. The Hall–Kier alpha value is -2.34. The van der Waals surface area contributed by atoms with Gasteiger partial charge in [0.2, 0.25) is 0 Å². The van der Waals surface area contributed by atoms with E-state index in [0.29, 0.717) is 18.2 Å². The Balaban J connectivity index is 1.33. The highest BCUT2D eigenvalue weighted by Crippen LogP contribution is 2.34. The molecule has 0 amide bonds. The molecule has 2 aliphatic heterocycles. The first kappa shape index (κ1) is 17.1. The molecular formula is C20H27N5O. The van der Waals surface area contributed by atoms with Crippen molar-refractivity contribution in [2.45, 2.75) is 57.5 Å². The van der Waals surface area contributed by atoms with Gasteiger partial charge < -0.3 is 19.9 Å². The molecule has 26 heavy (non-hydrogen) atoms. The van der Waals surface area contributed by atoms with Crippen molar-refractivity contribution >= 4 is 5.96 Å². The zero-order chi connectivity index (χ0) is 17.9. The van der Waals surface area contributed by atoms with Gasteiger partial charge >= 0.3 is 0 Å². The number of rotatable bonds is 5. The highest BCUT2D eigenvalue weighted by molar-refractivity contribution is 5.80. The van der Waals surface area contributed by atoms with Gasteiger partial charge in [-0.15, -0.1) is 0 Å². The van der Waals surface area contributed by atoms with Crippen molar-refractivity contribution in [3.63, 3.8) is 0 Å². The lowest BCUT2D eigenvalue weighted by molar-refractivity contribution is 0.0992. The third kappa shape index (κ3) is 3.75. The van der Waals surface area contributed by atoms with Crippen LogP contribution in [0.15, 0.2) is 41.7 Å². The summed E-state index contributed by atoms with van der Waals surface area (Å²) < 4.78 is 8.07. The average Bonchev–Trinajstić information content (AvgIpc) is 3.37. The van der Waals surface area contributed by atoms with E-state index < -0.39 is 0 Å². The third-order valence-corrected chi connectivity index (χ3v) is 5.38. The number of hydrogen-bond acceptors (Lipinski definition) is 3. The van der Waals surface area contributed by atoms with Crippen molar-refractivity contribution in [3.8, 4) is 0 Å². The molecule has 2 saturated heterocycles. The smallest absolute Gasteiger partial charge is 0.191 e. The number of nitrogens with one attached hydrogen (secondary N) is 2. The standard InChI is InChI=1S/C20H27N5O/c1-14-22-8-9-25(14)13-16-5-3-4-15(10-16)12-23-20(21-2)24-18-11-17-6-7-19(18)26-17/h3-5,8-10,17-19H,6-7,11-13H2,1-2H3,(H2,21,23,24). The minimum atomic E-state index is 0.347. The van der Waals surface area contributed by atoms with Crippen LogP contribution < -0.4 is 10.6 Å². The summed E-state index contributed by atoms with van der Waals surface area (Å²) in [6, 6.07) is 9.03. The van der Waals surface area contributed by atoms with Gasteiger partial charge in [-0.1, -0.05) is 24.3 Å². The number of imidazole rings is 1. The molecule has 2 aromatic rings.